The quantitative estimate of drug-likeness (QED) is 0.828. The maximum atomic E-state index is 9.40. The second-order valence-electron chi connectivity index (χ2n) is 4.08. The van der Waals surface area contributed by atoms with Crippen molar-refractivity contribution in [2.75, 3.05) is 0 Å². The Kier molecular flexibility index (Phi) is 3.76. The van der Waals surface area contributed by atoms with Crippen LogP contribution in [0.15, 0.2) is 22.7 Å². The Labute approximate surface area is 109 Å². The average molecular weight is 266 g/mol. The maximum Gasteiger partial charge on any atom is 0.258 e. The standard InChI is InChI=1S/C12H14N2O3S/c1-7(2)18-6-11-13-12(17-14-11)8-3-4-9(15)10(16)5-8/h3-5,7,15-16H,6H2,1-2H3. The topological polar surface area (TPSA) is 79.4 Å². The van der Waals surface area contributed by atoms with Gasteiger partial charge in [-0.25, -0.2) is 0 Å². The maximum absolute atomic E-state index is 9.40. The van der Waals surface area contributed by atoms with Gasteiger partial charge >= 0.3 is 0 Å². The molecule has 0 amide bonds. The number of hydrogen-bond donors (Lipinski definition) is 2. The van der Waals surface area contributed by atoms with Crippen LogP contribution in [0.25, 0.3) is 11.5 Å². The van der Waals surface area contributed by atoms with E-state index in [1.807, 2.05) is 0 Å². The lowest BCUT2D eigenvalue weighted by molar-refractivity contribution is 0.402. The number of aromatic hydroxyl groups is 2. The highest BCUT2D eigenvalue weighted by Crippen LogP contribution is 2.29. The summed E-state index contributed by atoms with van der Waals surface area (Å²) >= 11 is 1.72. The van der Waals surface area contributed by atoms with Crippen LogP contribution in [0.5, 0.6) is 11.5 Å². The van der Waals surface area contributed by atoms with E-state index in [-0.39, 0.29) is 11.5 Å². The Morgan fingerprint density at radius 2 is 2.06 bits per heavy atom. The zero-order chi connectivity index (χ0) is 13.1. The lowest BCUT2D eigenvalue weighted by Gasteiger charge is -1.99. The zero-order valence-electron chi connectivity index (χ0n) is 10.1. The van der Waals surface area contributed by atoms with Crippen molar-refractivity contribution in [1.29, 1.82) is 0 Å². The summed E-state index contributed by atoms with van der Waals surface area (Å²) in [6, 6.07) is 4.39. The van der Waals surface area contributed by atoms with Crippen molar-refractivity contribution >= 4 is 11.8 Å². The second kappa shape index (κ2) is 5.30. The summed E-state index contributed by atoms with van der Waals surface area (Å²) in [7, 11) is 0. The van der Waals surface area contributed by atoms with E-state index in [0.29, 0.717) is 28.3 Å². The summed E-state index contributed by atoms with van der Waals surface area (Å²) in [6.07, 6.45) is 0. The first kappa shape index (κ1) is 12.8. The molecule has 2 aromatic rings. The van der Waals surface area contributed by atoms with E-state index in [9.17, 15) is 10.2 Å². The Morgan fingerprint density at radius 1 is 1.28 bits per heavy atom. The third-order valence-electron chi connectivity index (χ3n) is 2.24. The molecule has 0 unspecified atom stereocenters. The van der Waals surface area contributed by atoms with E-state index < -0.39 is 0 Å². The minimum absolute atomic E-state index is 0.172. The molecule has 0 radical (unpaired) electrons. The van der Waals surface area contributed by atoms with Crippen LogP contribution >= 0.6 is 11.8 Å². The molecule has 6 heteroatoms. The molecule has 0 saturated heterocycles. The zero-order valence-corrected chi connectivity index (χ0v) is 10.9. The van der Waals surface area contributed by atoms with Gasteiger partial charge in [-0.2, -0.15) is 16.7 Å². The van der Waals surface area contributed by atoms with Crippen molar-refractivity contribution in [2.24, 2.45) is 0 Å². The van der Waals surface area contributed by atoms with E-state index >= 15 is 0 Å². The van der Waals surface area contributed by atoms with Crippen LogP contribution in [-0.2, 0) is 5.75 Å². The number of phenolic OH excluding ortho intramolecular Hbond substituents is 2. The Bertz CT molecular complexity index is 540. The van der Waals surface area contributed by atoms with Crippen molar-refractivity contribution in [2.45, 2.75) is 24.9 Å². The monoisotopic (exact) mass is 266 g/mol. The van der Waals surface area contributed by atoms with Crippen LogP contribution in [0.3, 0.4) is 0 Å². The fourth-order valence-electron chi connectivity index (χ4n) is 1.33. The lowest BCUT2D eigenvalue weighted by Crippen LogP contribution is -1.90. The predicted octanol–water partition coefficient (Wildman–Crippen LogP) is 2.79. The summed E-state index contributed by atoms with van der Waals surface area (Å²) in [5.41, 5.74) is 0.582. The molecule has 0 spiro atoms. The fourth-order valence-corrected chi connectivity index (χ4v) is 1.93. The van der Waals surface area contributed by atoms with Crippen LogP contribution in [-0.4, -0.2) is 25.6 Å². The van der Waals surface area contributed by atoms with Crippen molar-refractivity contribution in [3.05, 3.63) is 24.0 Å². The molecule has 2 N–H and O–H groups in total. The van der Waals surface area contributed by atoms with Crippen molar-refractivity contribution in [3.8, 4) is 23.0 Å². The lowest BCUT2D eigenvalue weighted by atomic mass is 10.2. The highest BCUT2D eigenvalue weighted by molar-refractivity contribution is 7.99. The third-order valence-corrected chi connectivity index (χ3v) is 3.33. The molecule has 2 rings (SSSR count). The van der Waals surface area contributed by atoms with Gasteiger partial charge < -0.3 is 14.7 Å². The molecule has 0 fully saturated rings. The van der Waals surface area contributed by atoms with Crippen LogP contribution < -0.4 is 0 Å². The van der Waals surface area contributed by atoms with Gasteiger partial charge in [0, 0.05) is 5.56 Å². The normalized spacial score (nSPS) is 11.1. The first-order valence-corrected chi connectivity index (χ1v) is 6.57. The first-order chi connectivity index (χ1) is 8.56. The first-order valence-electron chi connectivity index (χ1n) is 5.53. The number of nitrogens with zero attached hydrogens (tertiary/aromatic N) is 2. The van der Waals surface area contributed by atoms with Crippen molar-refractivity contribution in [1.82, 2.24) is 10.1 Å². The molecule has 1 aromatic carbocycles. The number of hydrogen-bond acceptors (Lipinski definition) is 6. The van der Waals surface area contributed by atoms with Gasteiger partial charge in [0.15, 0.2) is 17.3 Å². The minimum atomic E-state index is -0.205. The highest BCUT2D eigenvalue weighted by Gasteiger charge is 2.11. The summed E-state index contributed by atoms with van der Waals surface area (Å²) in [6.45, 7) is 4.20. The van der Waals surface area contributed by atoms with Crippen molar-refractivity contribution < 1.29 is 14.7 Å². The molecule has 0 aliphatic carbocycles. The number of phenols is 2. The van der Waals surface area contributed by atoms with Gasteiger partial charge in [0.1, 0.15) is 0 Å². The third kappa shape index (κ3) is 2.95. The van der Waals surface area contributed by atoms with Gasteiger partial charge in [0.25, 0.3) is 5.89 Å². The Morgan fingerprint density at radius 3 is 2.72 bits per heavy atom. The number of aromatic nitrogens is 2. The SMILES string of the molecule is CC(C)SCc1noc(-c2ccc(O)c(O)c2)n1. The number of thioether (sulfide) groups is 1. The Hall–Kier alpha value is -1.69. The average Bonchev–Trinajstić information content (AvgIpc) is 2.79. The predicted molar refractivity (Wildman–Crippen MR) is 69.5 cm³/mol. The van der Waals surface area contributed by atoms with Crippen molar-refractivity contribution in [3.63, 3.8) is 0 Å². The molecule has 1 aromatic heterocycles. The summed E-state index contributed by atoms with van der Waals surface area (Å²) in [4.78, 5) is 4.23. The van der Waals surface area contributed by atoms with Gasteiger partial charge in [0.05, 0.1) is 5.75 Å². The molecule has 0 aliphatic heterocycles. The molecule has 1 heterocycles. The van der Waals surface area contributed by atoms with E-state index in [2.05, 4.69) is 24.0 Å². The molecular formula is C12H14N2O3S. The van der Waals surface area contributed by atoms with Gasteiger partial charge in [-0.3, -0.25) is 0 Å². The smallest absolute Gasteiger partial charge is 0.258 e. The molecule has 0 atom stereocenters. The number of benzene rings is 1. The van der Waals surface area contributed by atoms with Gasteiger partial charge in [0.2, 0.25) is 0 Å². The van der Waals surface area contributed by atoms with Crippen LogP contribution in [0.4, 0.5) is 0 Å². The largest absolute Gasteiger partial charge is 0.504 e. The van der Waals surface area contributed by atoms with E-state index in [1.165, 1.54) is 12.1 Å². The van der Waals surface area contributed by atoms with Gasteiger partial charge in [-0.05, 0) is 23.4 Å². The minimum Gasteiger partial charge on any atom is -0.504 e. The summed E-state index contributed by atoms with van der Waals surface area (Å²) in [5, 5.41) is 23.0. The summed E-state index contributed by atoms with van der Waals surface area (Å²) < 4.78 is 5.11. The highest BCUT2D eigenvalue weighted by atomic mass is 32.2. The van der Waals surface area contributed by atoms with E-state index in [1.54, 1.807) is 17.8 Å². The molecule has 18 heavy (non-hydrogen) atoms. The van der Waals surface area contributed by atoms with E-state index in [0.717, 1.165) is 0 Å². The van der Waals surface area contributed by atoms with Crippen LogP contribution in [0.2, 0.25) is 0 Å². The van der Waals surface area contributed by atoms with Gasteiger partial charge in [-0.1, -0.05) is 19.0 Å². The molecule has 0 aliphatic rings. The summed E-state index contributed by atoms with van der Waals surface area (Å²) in [5.74, 6) is 1.27. The fraction of sp³-hybridized carbons (Fsp3) is 0.333. The Balaban J connectivity index is 2.16. The molecular weight excluding hydrogens is 252 g/mol. The van der Waals surface area contributed by atoms with Crippen LogP contribution in [0, 0.1) is 0 Å². The molecule has 0 bridgehead atoms. The van der Waals surface area contributed by atoms with E-state index in [4.69, 9.17) is 4.52 Å². The molecule has 5 nitrogen and oxygen atoms in total. The molecule has 0 saturated carbocycles. The van der Waals surface area contributed by atoms with Crippen LogP contribution in [0.1, 0.15) is 19.7 Å². The second-order valence-corrected chi connectivity index (χ2v) is 5.64. The molecule has 96 valence electrons. The van der Waals surface area contributed by atoms with Gasteiger partial charge in [-0.15, -0.1) is 0 Å². The number of rotatable bonds is 4.